The van der Waals surface area contributed by atoms with E-state index in [1.807, 2.05) is 0 Å². The molecule has 29 heavy (non-hydrogen) atoms. The summed E-state index contributed by atoms with van der Waals surface area (Å²) < 4.78 is 22.7. The molecule has 1 unspecified atom stereocenters. The highest BCUT2D eigenvalue weighted by molar-refractivity contribution is 7.51. The maximum Gasteiger partial charge on any atom is 0.352 e. The maximum absolute atomic E-state index is 11.1. The summed E-state index contributed by atoms with van der Waals surface area (Å²) in [6.45, 7) is 0.619. The Hall–Kier alpha value is -1.66. The number of hydrogen-bond acceptors (Lipinski definition) is 10. The first-order valence-corrected chi connectivity index (χ1v) is 11.4. The molecule has 1 saturated heterocycles. The first-order valence-electron chi connectivity index (χ1n) is 9.40. The molecule has 3 heterocycles. The Morgan fingerprint density at radius 3 is 2.76 bits per heavy atom. The van der Waals surface area contributed by atoms with Crippen molar-refractivity contribution in [2.75, 3.05) is 18.6 Å². The predicted molar refractivity (Wildman–Crippen MR) is 99.9 cm³/mol. The van der Waals surface area contributed by atoms with E-state index in [-0.39, 0.29) is 6.61 Å². The maximum atomic E-state index is 11.1. The van der Waals surface area contributed by atoms with Crippen molar-refractivity contribution in [2.24, 2.45) is 0 Å². The van der Waals surface area contributed by atoms with Crippen molar-refractivity contribution in [3.63, 3.8) is 0 Å². The number of nitrogens with one attached hydrogen (secondary N) is 1. The molecule has 2 aromatic heterocycles. The van der Waals surface area contributed by atoms with E-state index in [1.165, 1.54) is 30.1 Å². The van der Waals surface area contributed by atoms with Gasteiger partial charge in [0.1, 0.15) is 31.2 Å². The quantitative estimate of drug-likeness (QED) is 0.276. The molecule has 0 radical (unpaired) electrons. The summed E-state index contributed by atoms with van der Waals surface area (Å²) in [5.41, 5.74) is 0.989. The van der Waals surface area contributed by atoms with Crippen LogP contribution >= 0.6 is 7.60 Å². The molecule has 13 heteroatoms. The van der Waals surface area contributed by atoms with Crippen LogP contribution in [0.15, 0.2) is 12.7 Å². The monoisotopic (exact) mass is 429 g/mol. The van der Waals surface area contributed by atoms with Gasteiger partial charge in [0, 0.05) is 12.7 Å². The van der Waals surface area contributed by atoms with Gasteiger partial charge in [-0.15, -0.1) is 4.67 Å². The van der Waals surface area contributed by atoms with Crippen LogP contribution in [0.5, 0.6) is 0 Å². The third kappa shape index (κ3) is 4.43. The number of imidazole rings is 1. The van der Waals surface area contributed by atoms with E-state index in [4.69, 9.17) is 9.63 Å². The van der Waals surface area contributed by atoms with Crippen LogP contribution in [0.3, 0.4) is 0 Å². The summed E-state index contributed by atoms with van der Waals surface area (Å²) in [4.78, 5) is 26.7. The van der Waals surface area contributed by atoms with Crippen LogP contribution in [0.1, 0.15) is 31.9 Å². The lowest BCUT2D eigenvalue weighted by Gasteiger charge is -2.17. The molecular formula is C16H24N5O7P. The van der Waals surface area contributed by atoms with Crippen LogP contribution in [0.25, 0.3) is 11.2 Å². The molecule has 4 N–H and O–H groups in total. The molecule has 1 aliphatic heterocycles. The van der Waals surface area contributed by atoms with Crippen LogP contribution in [-0.2, 0) is 18.9 Å². The van der Waals surface area contributed by atoms with Crippen molar-refractivity contribution >= 4 is 24.6 Å². The highest BCUT2D eigenvalue weighted by atomic mass is 31.2. The van der Waals surface area contributed by atoms with Crippen molar-refractivity contribution in [2.45, 2.75) is 56.3 Å². The number of anilines is 1. The van der Waals surface area contributed by atoms with Crippen molar-refractivity contribution in [1.29, 1.82) is 0 Å². The van der Waals surface area contributed by atoms with Gasteiger partial charge in [0.25, 0.3) is 0 Å². The standard InChI is InChI=1S/C16H24N5O7P/c1-29(24,25)28-26-6-10-12(22)13(23)16(27-10)21-8-19-11-14(17-7-18-15(11)21)20-9-4-2-3-5-9/h7-10,12-13,16,22-23H,2-6H2,1H3,(H,24,25)(H,17,18,20)/t10-,12-,13-,16-/m1/s1. The number of ether oxygens (including phenoxy) is 1. The van der Waals surface area contributed by atoms with Gasteiger partial charge in [-0.1, -0.05) is 12.8 Å². The Labute approximate surface area is 166 Å². The van der Waals surface area contributed by atoms with Crippen molar-refractivity contribution in [1.82, 2.24) is 19.5 Å². The Balaban J connectivity index is 1.51. The highest BCUT2D eigenvalue weighted by Crippen LogP contribution is 2.38. The largest absolute Gasteiger partial charge is 0.387 e. The Bertz CT molecular complexity index is 899. The second kappa shape index (κ2) is 8.23. The highest BCUT2D eigenvalue weighted by Gasteiger charge is 2.45. The number of aliphatic hydroxyl groups excluding tert-OH is 2. The fraction of sp³-hybridized carbons (Fsp3) is 0.688. The van der Waals surface area contributed by atoms with Gasteiger partial charge in [0.2, 0.25) is 0 Å². The smallest absolute Gasteiger partial charge is 0.352 e. The van der Waals surface area contributed by atoms with Crippen LogP contribution in [0.2, 0.25) is 0 Å². The van der Waals surface area contributed by atoms with Gasteiger partial charge in [-0.05, 0) is 12.8 Å². The van der Waals surface area contributed by atoms with E-state index >= 15 is 0 Å². The van der Waals surface area contributed by atoms with Crippen LogP contribution in [-0.4, -0.2) is 72.3 Å². The van der Waals surface area contributed by atoms with Gasteiger partial charge in [-0.3, -0.25) is 9.13 Å². The van der Waals surface area contributed by atoms with Gasteiger partial charge >= 0.3 is 7.60 Å². The number of nitrogens with zero attached hydrogens (tertiary/aromatic N) is 4. The van der Waals surface area contributed by atoms with Gasteiger partial charge in [0.15, 0.2) is 23.2 Å². The summed E-state index contributed by atoms with van der Waals surface area (Å²) in [6, 6.07) is 0.344. The van der Waals surface area contributed by atoms with Crippen LogP contribution in [0, 0.1) is 0 Å². The fourth-order valence-corrected chi connectivity index (χ4v) is 3.96. The van der Waals surface area contributed by atoms with E-state index in [2.05, 4.69) is 29.8 Å². The van der Waals surface area contributed by atoms with E-state index in [0.717, 1.165) is 19.5 Å². The van der Waals surface area contributed by atoms with E-state index < -0.39 is 32.1 Å². The molecule has 2 fully saturated rings. The van der Waals surface area contributed by atoms with E-state index in [0.29, 0.717) is 23.0 Å². The first-order chi connectivity index (χ1) is 13.8. The molecule has 0 bridgehead atoms. The second-order valence-corrected chi connectivity index (χ2v) is 9.14. The number of aliphatic hydroxyl groups is 2. The number of aromatic nitrogens is 4. The molecule has 4 rings (SSSR count). The molecule has 160 valence electrons. The molecule has 2 aromatic rings. The van der Waals surface area contributed by atoms with Gasteiger partial charge in [-0.2, -0.15) is 0 Å². The Morgan fingerprint density at radius 2 is 2.03 bits per heavy atom. The molecule has 5 atom stereocenters. The fourth-order valence-electron chi connectivity index (χ4n) is 3.70. The lowest BCUT2D eigenvalue weighted by atomic mass is 10.1. The average Bonchev–Trinajstić information content (AvgIpc) is 3.37. The van der Waals surface area contributed by atoms with Gasteiger partial charge in [0.05, 0.1) is 6.33 Å². The van der Waals surface area contributed by atoms with Crippen molar-refractivity contribution in [3.05, 3.63) is 12.7 Å². The third-order valence-electron chi connectivity index (χ3n) is 5.09. The lowest BCUT2D eigenvalue weighted by Crippen LogP contribution is -2.33. The molecule has 0 spiro atoms. The zero-order valence-corrected chi connectivity index (χ0v) is 16.7. The molecule has 0 amide bonds. The summed E-state index contributed by atoms with van der Waals surface area (Å²) in [5.74, 6) is 0.614. The normalized spacial score (nSPS) is 30.1. The minimum atomic E-state index is -3.83. The molecule has 1 saturated carbocycles. The zero-order valence-electron chi connectivity index (χ0n) is 15.8. The molecule has 0 aromatic carbocycles. The molecule has 12 nitrogen and oxygen atoms in total. The average molecular weight is 429 g/mol. The third-order valence-corrected chi connectivity index (χ3v) is 5.47. The second-order valence-electron chi connectivity index (χ2n) is 7.38. The Kier molecular flexibility index (Phi) is 5.85. The SMILES string of the molecule is CP(=O)(O)OOC[C@H]1O[C@@H](n2cnc3c(NC4CCCC4)ncnc32)[C@H](O)[C@@H]1O. The van der Waals surface area contributed by atoms with E-state index in [9.17, 15) is 14.8 Å². The topological polar surface area (TPSA) is 161 Å². The predicted octanol–water partition coefficient (Wildman–Crippen LogP) is 0.563. The molecular weight excluding hydrogens is 405 g/mol. The molecule has 2 aliphatic rings. The van der Waals surface area contributed by atoms with E-state index in [1.54, 1.807) is 0 Å². The van der Waals surface area contributed by atoms with Gasteiger partial charge in [-0.25, -0.2) is 19.8 Å². The van der Waals surface area contributed by atoms with Crippen LogP contribution < -0.4 is 5.32 Å². The molecule has 1 aliphatic carbocycles. The van der Waals surface area contributed by atoms with Crippen molar-refractivity contribution < 1.29 is 34.0 Å². The van der Waals surface area contributed by atoms with Gasteiger partial charge < -0.3 is 25.2 Å². The minimum absolute atomic E-state index is 0.344. The number of rotatable bonds is 7. The first kappa shape index (κ1) is 20.6. The number of hydrogen-bond donors (Lipinski definition) is 4. The summed E-state index contributed by atoms with van der Waals surface area (Å²) in [5, 5.41) is 24.1. The Morgan fingerprint density at radius 1 is 1.28 bits per heavy atom. The number of fused-ring (bicyclic) bond motifs is 1. The summed E-state index contributed by atoms with van der Waals surface area (Å²) in [7, 11) is -3.83. The minimum Gasteiger partial charge on any atom is -0.387 e. The summed E-state index contributed by atoms with van der Waals surface area (Å²) in [6.07, 6.45) is 2.85. The van der Waals surface area contributed by atoms with Crippen molar-refractivity contribution in [3.8, 4) is 0 Å². The summed E-state index contributed by atoms with van der Waals surface area (Å²) >= 11 is 0. The van der Waals surface area contributed by atoms with Crippen LogP contribution in [0.4, 0.5) is 5.82 Å². The zero-order chi connectivity index (χ0) is 20.6. The lowest BCUT2D eigenvalue weighted by molar-refractivity contribution is -0.238.